The molecule has 1 rings (SSSR count). The quantitative estimate of drug-likeness (QED) is 0.0353. The van der Waals surface area contributed by atoms with E-state index in [2.05, 4.69) is 26.2 Å². The van der Waals surface area contributed by atoms with E-state index in [1.807, 2.05) is 20.8 Å². The third kappa shape index (κ3) is 16.0. The summed E-state index contributed by atoms with van der Waals surface area (Å²) < 4.78 is 70.7. The Hall–Kier alpha value is -4.03. The number of carbonyl (C=O) groups is 6. The molecule has 0 radical (unpaired) electrons. The minimum absolute atomic E-state index is 0.146. The van der Waals surface area contributed by atoms with Crippen LogP contribution in [0, 0.1) is 46.8 Å². The number of amides is 4. The predicted molar refractivity (Wildman–Crippen MR) is 201 cm³/mol. The molecule has 18 heteroatoms. The van der Waals surface area contributed by atoms with Crippen molar-refractivity contribution in [3.05, 3.63) is 34.6 Å². The van der Waals surface area contributed by atoms with Crippen LogP contribution in [-0.2, 0) is 35.2 Å². The maximum absolute atomic E-state index is 14.6. The van der Waals surface area contributed by atoms with Gasteiger partial charge in [-0.15, -0.1) is 0 Å². The van der Waals surface area contributed by atoms with Crippen LogP contribution in [0.25, 0.3) is 0 Å². The van der Waals surface area contributed by atoms with Crippen LogP contribution < -0.4 is 21.3 Å². The van der Waals surface area contributed by atoms with Crippen molar-refractivity contribution >= 4 is 35.2 Å². The maximum atomic E-state index is 14.6. The molecule has 0 aliphatic heterocycles. The summed E-state index contributed by atoms with van der Waals surface area (Å²) in [7, 11) is 0. The van der Waals surface area contributed by atoms with Gasteiger partial charge in [0.15, 0.2) is 34.8 Å². The van der Waals surface area contributed by atoms with Gasteiger partial charge in [0.2, 0.25) is 29.4 Å². The van der Waals surface area contributed by atoms with Crippen LogP contribution in [0.3, 0.4) is 0 Å². The minimum atomic E-state index is -2.41. The Kier molecular flexibility index (Phi) is 22.1. The second-order valence-corrected chi connectivity index (χ2v) is 14.9. The highest BCUT2D eigenvalue weighted by atomic mass is 19.2. The zero-order chi connectivity index (χ0) is 43.7. The van der Waals surface area contributed by atoms with E-state index in [0.29, 0.717) is 19.4 Å². The maximum Gasteiger partial charge on any atom is 0.243 e. The van der Waals surface area contributed by atoms with Crippen LogP contribution in [0.15, 0.2) is 0 Å². The molecular formula is C39H60F5N5O8. The van der Waals surface area contributed by atoms with E-state index in [1.54, 1.807) is 20.8 Å². The molecule has 1 unspecified atom stereocenters. The molecule has 13 nitrogen and oxygen atoms in total. The molecule has 0 aromatic heterocycles. The van der Waals surface area contributed by atoms with Gasteiger partial charge in [-0.3, -0.25) is 28.8 Å². The van der Waals surface area contributed by atoms with Gasteiger partial charge in [-0.05, 0) is 72.9 Å². The highest BCUT2D eigenvalue weighted by Crippen LogP contribution is 2.24. The average Bonchev–Trinajstić information content (AvgIpc) is 3.13. The lowest BCUT2D eigenvalue weighted by atomic mass is 9.91. The zero-order valence-corrected chi connectivity index (χ0v) is 34.1. The number of aliphatic hydroxyl groups is 2. The van der Waals surface area contributed by atoms with Crippen LogP contribution in [0.2, 0.25) is 0 Å². The molecule has 4 amide bonds. The van der Waals surface area contributed by atoms with E-state index < -0.39 is 132 Å². The van der Waals surface area contributed by atoms with Crippen LogP contribution in [0.1, 0.15) is 99.5 Å². The summed E-state index contributed by atoms with van der Waals surface area (Å²) in [6, 6.07) is -4.24. The molecule has 1 aromatic carbocycles. The fraction of sp³-hybridized carbons (Fsp3) is 0.692. The van der Waals surface area contributed by atoms with Crippen molar-refractivity contribution in [2.24, 2.45) is 17.8 Å². The first-order chi connectivity index (χ1) is 26.6. The number of nitrogens with zero attached hydrogens (tertiary/aromatic N) is 1. The van der Waals surface area contributed by atoms with Crippen LogP contribution in [0.5, 0.6) is 0 Å². The Morgan fingerprint density at radius 1 is 0.684 bits per heavy atom. The second-order valence-electron chi connectivity index (χ2n) is 14.9. The number of unbranched alkanes of at least 4 members (excludes halogenated alkanes) is 1. The third-order valence-corrected chi connectivity index (χ3v) is 9.56. The van der Waals surface area contributed by atoms with Gasteiger partial charge in [-0.25, -0.2) is 22.0 Å². The van der Waals surface area contributed by atoms with Gasteiger partial charge in [0.1, 0.15) is 6.04 Å². The van der Waals surface area contributed by atoms with Gasteiger partial charge >= 0.3 is 0 Å². The van der Waals surface area contributed by atoms with Crippen molar-refractivity contribution in [1.29, 1.82) is 0 Å². The minimum Gasteiger partial charge on any atom is -0.396 e. The van der Waals surface area contributed by atoms with Crippen molar-refractivity contribution in [3.63, 3.8) is 0 Å². The van der Waals surface area contributed by atoms with Crippen molar-refractivity contribution in [3.8, 4) is 0 Å². The SMILES string of the molecule is CCNC(=O)C(CC(=O)[C@H](CCCCN(CC)C(C)C)NC(=O)[C@H](CO)CC(=O)[C@H](C)NC(=O)[C@H](Cc1c(F)c(F)c(F)c(F)c1F)NC(=O)CC(C)C)[C@@H](C)O. The summed E-state index contributed by atoms with van der Waals surface area (Å²) in [5, 5.41) is 30.0. The van der Waals surface area contributed by atoms with Crippen LogP contribution in [-0.4, -0.2) is 107 Å². The van der Waals surface area contributed by atoms with E-state index >= 15 is 0 Å². The van der Waals surface area contributed by atoms with Crippen LogP contribution in [0.4, 0.5) is 22.0 Å². The number of aliphatic hydroxyl groups excluding tert-OH is 2. The standard InChI is InChI=1S/C39H60F5N5O8/c1-9-45-38(56)25(23(8)51)18-30(53)27(13-11-12-14-49(10-2)21(5)6)48-37(55)24(19-50)16-29(52)22(7)46-39(57)28(47-31(54)15-20(3)4)17-26-32(40)34(42)36(44)35(43)33(26)41/h20-25,27-28,50-51H,9-19H2,1-8H3,(H,45,56)(H,46,57)(H,47,54)(H,48,55)/t22-,23+,24-,25?,27-,28-/m0/s1. The molecule has 0 aliphatic carbocycles. The Morgan fingerprint density at radius 3 is 1.75 bits per heavy atom. The average molecular weight is 822 g/mol. The molecule has 1 aromatic rings. The van der Waals surface area contributed by atoms with Gasteiger partial charge in [0.25, 0.3) is 0 Å². The summed E-state index contributed by atoms with van der Waals surface area (Å²) in [4.78, 5) is 80.9. The summed E-state index contributed by atoms with van der Waals surface area (Å²) in [5.41, 5.74) is -1.37. The first-order valence-corrected chi connectivity index (χ1v) is 19.4. The number of benzene rings is 1. The normalized spacial score (nSPS) is 14.8. The monoisotopic (exact) mass is 821 g/mol. The molecule has 0 fully saturated rings. The second kappa shape index (κ2) is 24.7. The van der Waals surface area contributed by atoms with Gasteiger partial charge in [-0.1, -0.05) is 20.8 Å². The van der Waals surface area contributed by atoms with Gasteiger partial charge in [0.05, 0.1) is 36.6 Å². The smallest absolute Gasteiger partial charge is 0.243 e. The predicted octanol–water partition coefficient (Wildman–Crippen LogP) is 3.01. The molecule has 324 valence electrons. The van der Waals surface area contributed by atoms with E-state index in [1.165, 1.54) is 13.8 Å². The lowest BCUT2D eigenvalue weighted by Crippen LogP contribution is -2.52. The van der Waals surface area contributed by atoms with Crippen LogP contribution >= 0.6 is 0 Å². The Bertz CT molecular complexity index is 1520. The first kappa shape index (κ1) is 51.0. The van der Waals surface area contributed by atoms with Crippen molar-refractivity contribution in [2.45, 2.75) is 131 Å². The summed E-state index contributed by atoms with van der Waals surface area (Å²) >= 11 is 0. The number of hydrogen-bond donors (Lipinski definition) is 6. The number of hydrogen-bond acceptors (Lipinski definition) is 9. The largest absolute Gasteiger partial charge is 0.396 e. The highest BCUT2D eigenvalue weighted by Gasteiger charge is 2.34. The fourth-order valence-corrected chi connectivity index (χ4v) is 6.12. The molecule has 0 spiro atoms. The number of nitrogens with one attached hydrogen (secondary N) is 4. The highest BCUT2D eigenvalue weighted by molar-refractivity contribution is 5.96. The molecule has 0 saturated heterocycles. The molecule has 6 N–H and O–H groups in total. The van der Waals surface area contributed by atoms with E-state index in [4.69, 9.17) is 0 Å². The number of carbonyl (C=O) groups excluding carboxylic acids is 6. The lowest BCUT2D eigenvalue weighted by Gasteiger charge is -2.26. The van der Waals surface area contributed by atoms with E-state index in [0.717, 1.165) is 6.54 Å². The summed E-state index contributed by atoms with van der Waals surface area (Å²) in [6.07, 6.45) is -2.35. The molecular weight excluding hydrogens is 761 g/mol. The van der Waals surface area contributed by atoms with Gasteiger partial charge in [-0.2, -0.15) is 0 Å². The number of Topliss-reactive ketones (excluding diaryl/α,β-unsaturated/α-hetero) is 2. The number of halogens is 5. The Balaban J connectivity index is 3.23. The fourth-order valence-electron chi connectivity index (χ4n) is 6.12. The molecule has 0 bridgehead atoms. The Morgan fingerprint density at radius 2 is 1.26 bits per heavy atom. The third-order valence-electron chi connectivity index (χ3n) is 9.56. The summed E-state index contributed by atoms with van der Waals surface area (Å²) in [5.74, 6) is -19.0. The van der Waals surface area contributed by atoms with Crippen molar-refractivity contribution in [2.75, 3.05) is 26.2 Å². The Labute approximate surface area is 331 Å². The molecule has 0 aliphatic rings. The van der Waals surface area contributed by atoms with Crippen molar-refractivity contribution < 1.29 is 60.9 Å². The molecule has 6 atom stereocenters. The number of ketones is 2. The first-order valence-electron chi connectivity index (χ1n) is 19.4. The van der Waals surface area contributed by atoms with Gasteiger partial charge < -0.3 is 36.4 Å². The van der Waals surface area contributed by atoms with Gasteiger partial charge in [0, 0.05) is 43.8 Å². The zero-order valence-electron chi connectivity index (χ0n) is 34.1. The lowest BCUT2D eigenvalue weighted by molar-refractivity contribution is -0.136. The molecule has 57 heavy (non-hydrogen) atoms. The van der Waals surface area contributed by atoms with Crippen molar-refractivity contribution in [1.82, 2.24) is 26.2 Å². The summed E-state index contributed by atoms with van der Waals surface area (Å²) in [6.45, 7) is 14.5. The topological polar surface area (TPSA) is 194 Å². The molecule has 0 saturated carbocycles. The number of rotatable bonds is 26. The van der Waals surface area contributed by atoms with E-state index in [-0.39, 0.29) is 31.3 Å². The van der Waals surface area contributed by atoms with E-state index in [9.17, 15) is 60.9 Å². The molecule has 0 heterocycles.